The minimum atomic E-state index is 0.262. The fraction of sp³-hybridized carbons (Fsp3) is 0.562. The average molecular weight is 228 g/mol. The molecule has 0 spiro atoms. The lowest BCUT2D eigenvalue weighted by Gasteiger charge is -2.22. The highest BCUT2D eigenvalue weighted by Gasteiger charge is 2.56. The molecular formula is C16H20O. The second kappa shape index (κ2) is 3.69. The van der Waals surface area contributed by atoms with Gasteiger partial charge in [0.15, 0.2) is 5.78 Å². The number of allylic oxidation sites excluding steroid dienone is 5. The number of ketones is 1. The predicted molar refractivity (Wildman–Crippen MR) is 69.3 cm³/mol. The summed E-state index contributed by atoms with van der Waals surface area (Å²) < 4.78 is 0. The van der Waals surface area contributed by atoms with E-state index in [-0.39, 0.29) is 5.92 Å². The van der Waals surface area contributed by atoms with E-state index in [1.54, 1.807) is 0 Å². The molecule has 2 saturated carbocycles. The molecule has 1 heteroatoms. The molecule has 2 bridgehead atoms. The Kier molecular flexibility index (Phi) is 2.39. The molecule has 0 radical (unpaired) electrons. The summed E-state index contributed by atoms with van der Waals surface area (Å²) in [7, 11) is 0. The number of Topliss-reactive ketones (excluding diaryl/α,β-unsaturated/α-hetero) is 1. The predicted octanol–water partition coefficient (Wildman–Crippen LogP) is 3.39. The van der Waals surface area contributed by atoms with E-state index in [2.05, 4.69) is 38.7 Å². The molecule has 1 nitrogen and oxygen atoms in total. The SMILES string of the molecule is C=C[C@@H]1/C(=C/C(C)C)C(=O)[C@@H]2[C@H]1[C@H]1C=C[C@@H]2C1. The summed E-state index contributed by atoms with van der Waals surface area (Å²) in [6.45, 7) is 8.24. The molecule has 0 saturated heterocycles. The van der Waals surface area contributed by atoms with Crippen LogP contribution in [0.15, 0.2) is 36.5 Å². The van der Waals surface area contributed by atoms with Crippen LogP contribution < -0.4 is 0 Å². The molecule has 90 valence electrons. The molecule has 0 unspecified atom stereocenters. The molecule has 3 aliphatic carbocycles. The van der Waals surface area contributed by atoms with E-state index in [0.29, 0.717) is 35.4 Å². The van der Waals surface area contributed by atoms with Crippen LogP contribution in [-0.2, 0) is 4.79 Å². The lowest BCUT2D eigenvalue weighted by molar-refractivity contribution is -0.119. The summed E-state index contributed by atoms with van der Waals surface area (Å²) in [5.74, 6) is 3.06. The van der Waals surface area contributed by atoms with Gasteiger partial charge in [-0.1, -0.05) is 38.2 Å². The van der Waals surface area contributed by atoms with Gasteiger partial charge in [-0.05, 0) is 35.7 Å². The largest absolute Gasteiger partial charge is 0.294 e. The van der Waals surface area contributed by atoms with Gasteiger partial charge in [0.25, 0.3) is 0 Å². The van der Waals surface area contributed by atoms with Gasteiger partial charge in [0.2, 0.25) is 0 Å². The highest BCUT2D eigenvalue weighted by Crippen LogP contribution is 2.58. The van der Waals surface area contributed by atoms with Crippen molar-refractivity contribution in [2.24, 2.45) is 35.5 Å². The van der Waals surface area contributed by atoms with Gasteiger partial charge in [-0.2, -0.15) is 0 Å². The second-order valence-electron chi connectivity index (χ2n) is 6.04. The Morgan fingerprint density at radius 2 is 2.06 bits per heavy atom. The first-order valence-electron chi connectivity index (χ1n) is 6.70. The van der Waals surface area contributed by atoms with Crippen LogP contribution in [0.3, 0.4) is 0 Å². The molecule has 17 heavy (non-hydrogen) atoms. The Hall–Kier alpha value is -1.11. The smallest absolute Gasteiger partial charge is 0.163 e. The molecule has 0 aliphatic heterocycles. The second-order valence-corrected chi connectivity index (χ2v) is 6.04. The molecule has 0 amide bonds. The Bertz CT molecular complexity index is 427. The van der Waals surface area contributed by atoms with Crippen LogP contribution in [-0.4, -0.2) is 5.78 Å². The highest BCUT2D eigenvalue weighted by molar-refractivity contribution is 6.01. The van der Waals surface area contributed by atoms with Gasteiger partial charge in [0, 0.05) is 11.8 Å². The van der Waals surface area contributed by atoms with Gasteiger partial charge in [-0.15, -0.1) is 6.58 Å². The van der Waals surface area contributed by atoms with Gasteiger partial charge in [0.05, 0.1) is 0 Å². The molecular weight excluding hydrogens is 208 g/mol. The Balaban J connectivity index is 2.02. The first-order chi connectivity index (χ1) is 8.13. The summed E-state index contributed by atoms with van der Waals surface area (Å²) in [6.07, 6.45) is 9.95. The van der Waals surface area contributed by atoms with Crippen molar-refractivity contribution in [1.29, 1.82) is 0 Å². The molecule has 0 aromatic carbocycles. The first kappa shape index (κ1) is 11.0. The van der Waals surface area contributed by atoms with E-state index < -0.39 is 0 Å². The zero-order chi connectivity index (χ0) is 12.2. The number of rotatable bonds is 2. The van der Waals surface area contributed by atoms with Gasteiger partial charge >= 0.3 is 0 Å². The van der Waals surface area contributed by atoms with Crippen molar-refractivity contribution in [2.75, 3.05) is 0 Å². The van der Waals surface area contributed by atoms with Gasteiger partial charge in [-0.25, -0.2) is 0 Å². The number of fused-ring (bicyclic) bond motifs is 5. The fourth-order valence-electron chi connectivity index (χ4n) is 4.12. The number of carbonyl (C=O) groups is 1. The van der Waals surface area contributed by atoms with Crippen LogP contribution in [0.1, 0.15) is 20.3 Å². The van der Waals surface area contributed by atoms with E-state index in [4.69, 9.17) is 0 Å². The zero-order valence-electron chi connectivity index (χ0n) is 10.6. The summed E-state index contributed by atoms with van der Waals surface area (Å²) >= 11 is 0. The quantitative estimate of drug-likeness (QED) is 0.523. The fourth-order valence-corrected chi connectivity index (χ4v) is 4.12. The van der Waals surface area contributed by atoms with Gasteiger partial charge in [-0.3, -0.25) is 4.79 Å². The molecule has 0 N–H and O–H groups in total. The van der Waals surface area contributed by atoms with E-state index in [1.165, 1.54) is 6.42 Å². The monoisotopic (exact) mass is 228 g/mol. The van der Waals surface area contributed by atoms with Crippen LogP contribution in [0, 0.1) is 35.5 Å². The highest BCUT2D eigenvalue weighted by atomic mass is 16.1. The Morgan fingerprint density at radius 1 is 1.35 bits per heavy atom. The zero-order valence-corrected chi connectivity index (χ0v) is 10.6. The van der Waals surface area contributed by atoms with Crippen LogP contribution in [0.2, 0.25) is 0 Å². The number of hydrogen-bond acceptors (Lipinski definition) is 1. The molecule has 3 rings (SSSR count). The topological polar surface area (TPSA) is 17.1 Å². The van der Waals surface area contributed by atoms with Crippen molar-refractivity contribution in [3.05, 3.63) is 36.5 Å². The summed E-state index contributed by atoms with van der Waals surface area (Å²) in [4.78, 5) is 12.5. The summed E-state index contributed by atoms with van der Waals surface area (Å²) in [6, 6.07) is 0. The maximum atomic E-state index is 12.5. The van der Waals surface area contributed by atoms with Crippen molar-refractivity contribution in [2.45, 2.75) is 20.3 Å². The van der Waals surface area contributed by atoms with Crippen LogP contribution in [0.5, 0.6) is 0 Å². The maximum Gasteiger partial charge on any atom is 0.163 e. The van der Waals surface area contributed by atoms with Crippen LogP contribution in [0.25, 0.3) is 0 Å². The van der Waals surface area contributed by atoms with E-state index >= 15 is 0 Å². The third-order valence-corrected chi connectivity index (χ3v) is 4.65. The van der Waals surface area contributed by atoms with Crippen molar-refractivity contribution >= 4 is 5.78 Å². The third-order valence-electron chi connectivity index (χ3n) is 4.65. The molecule has 0 aromatic rings. The minimum absolute atomic E-state index is 0.262. The summed E-state index contributed by atoms with van der Waals surface area (Å²) in [5, 5.41) is 0. The molecule has 5 atom stereocenters. The van der Waals surface area contributed by atoms with E-state index in [0.717, 1.165) is 5.57 Å². The number of carbonyl (C=O) groups excluding carboxylic acids is 1. The van der Waals surface area contributed by atoms with Crippen molar-refractivity contribution < 1.29 is 4.79 Å². The molecule has 2 fully saturated rings. The van der Waals surface area contributed by atoms with E-state index in [1.807, 2.05) is 6.08 Å². The molecule has 3 aliphatic rings. The minimum Gasteiger partial charge on any atom is -0.294 e. The van der Waals surface area contributed by atoms with Gasteiger partial charge in [0.1, 0.15) is 0 Å². The van der Waals surface area contributed by atoms with Gasteiger partial charge < -0.3 is 0 Å². The molecule has 0 aromatic heterocycles. The lowest BCUT2D eigenvalue weighted by atomic mass is 9.81. The normalized spacial score (nSPS) is 45.0. The first-order valence-corrected chi connectivity index (χ1v) is 6.70. The van der Waals surface area contributed by atoms with Crippen molar-refractivity contribution in [3.63, 3.8) is 0 Å². The van der Waals surface area contributed by atoms with Crippen molar-refractivity contribution in [1.82, 2.24) is 0 Å². The third kappa shape index (κ3) is 1.41. The van der Waals surface area contributed by atoms with Crippen LogP contribution in [0.4, 0.5) is 0 Å². The Labute approximate surface area is 103 Å². The summed E-state index contributed by atoms with van der Waals surface area (Å²) in [5.41, 5.74) is 1.04. The van der Waals surface area contributed by atoms with Crippen molar-refractivity contribution in [3.8, 4) is 0 Å². The maximum absolute atomic E-state index is 12.5. The standard InChI is InChI=1S/C16H20O/c1-4-12-13(7-9(2)3)16(17)15-11-6-5-10(8-11)14(12)15/h4-7,9-12,14-15H,1,8H2,2-3H3/b13-7-/t10-,11+,12+,14-,15-/m0/s1. The Morgan fingerprint density at radius 3 is 2.71 bits per heavy atom. The van der Waals surface area contributed by atoms with E-state index in [9.17, 15) is 4.79 Å². The molecule has 0 heterocycles. The van der Waals surface area contributed by atoms with Crippen LogP contribution >= 0.6 is 0 Å². The lowest BCUT2D eigenvalue weighted by Crippen LogP contribution is -2.21. The number of hydrogen-bond donors (Lipinski definition) is 0. The average Bonchev–Trinajstić information content (AvgIpc) is 2.92.